The second-order valence-corrected chi connectivity index (χ2v) is 18.1. The number of halogens is 1. The van der Waals surface area contributed by atoms with Crippen LogP contribution in [0.5, 0.6) is 0 Å². The summed E-state index contributed by atoms with van der Waals surface area (Å²) in [5, 5.41) is 0.384. The summed E-state index contributed by atoms with van der Waals surface area (Å²) in [7, 11) is -5.63. The minimum atomic E-state index is -3.56. The zero-order chi connectivity index (χ0) is 27.2. The van der Waals surface area contributed by atoms with E-state index >= 15 is 0 Å². The first-order valence-corrected chi connectivity index (χ1v) is 17.2. The molecule has 1 aliphatic rings. The summed E-state index contributed by atoms with van der Waals surface area (Å²) in [5.74, 6) is -0.113. The number of hydrogen-bond donors (Lipinski definition) is 0. The molecule has 1 atom stereocenters. The van der Waals surface area contributed by atoms with Gasteiger partial charge in [0, 0.05) is 35.1 Å². The van der Waals surface area contributed by atoms with Crippen LogP contribution in [0.15, 0.2) is 59.9 Å². The Labute approximate surface area is 224 Å². The first-order chi connectivity index (χ1) is 17.2. The van der Waals surface area contributed by atoms with Gasteiger partial charge in [-0.05, 0) is 53.5 Å². The maximum atomic E-state index is 13.7. The van der Waals surface area contributed by atoms with Crippen LogP contribution in [0.1, 0.15) is 48.3 Å². The Balaban J connectivity index is 1.68. The maximum absolute atomic E-state index is 13.7. The normalized spacial score (nSPS) is 15.1. The number of rotatable bonds is 7. The van der Waals surface area contributed by atoms with E-state index in [4.69, 9.17) is 16.0 Å². The predicted molar refractivity (Wildman–Crippen MR) is 148 cm³/mol. The molecule has 0 aliphatic carbocycles. The number of fused-ring (bicyclic) bond motifs is 1. The molecular formula is C27H32ClN3O4SSi. The van der Waals surface area contributed by atoms with Crippen LogP contribution in [-0.2, 0) is 20.8 Å². The Morgan fingerprint density at radius 2 is 1.86 bits per heavy atom. The quantitative estimate of drug-likeness (QED) is 0.264. The number of sulfone groups is 1. The standard InChI is InChI=1S/C27H32ClN3O4SSi/c1-27(2,3)37(5,6)35-17-24(19-8-7-9-21(28)14-19)31-16-20-11-10-18(15-22(20)25(31)32)23-12-13-29-26(30-23)36(4,33)34/h7-15,24H,16-17H2,1-6H3. The van der Waals surface area contributed by atoms with Gasteiger partial charge in [-0.2, -0.15) is 0 Å². The van der Waals surface area contributed by atoms with Crippen molar-refractivity contribution in [3.05, 3.63) is 76.4 Å². The molecule has 0 fully saturated rings. The van der Waals surface area contributed by atoms with Gasteiger partial charge in [0.15, 0.2) is 8.32 Å². The van der Waals surface area contributed by atoms with Gasteiger partial charge in [-0.1, -0.05) is 56.6 Å². The molecule has 1 aromatic heterocycles. The Hall–Kier alpha value is -2.59. The van der Waals surface area contributed by atoms with E-state index in [0.717, 1.165) is 17.4 Å². The third-order valence-electron chi connectivity index (χ3n) is 7.22. The average molecular weight is 558 g/mol. The Kier molecular flexibility index (Phi) is 7.37. The molecule has 37 heavy (non-hydrogen) atoms. The van der Waals surface area contributed by atoms with Crippen molar-refractivity contribution in [2.45, 2.75) is 56.6 Å². The van der Waals surface area contributed by atoms with Crippen molar-refractivity contribution in [2.24, 2.45) is 0 Å². The van der Waals surface area contributed by atoms with Crippen LogP contribution in [0, 0.1) is 0 Å². The monoisotopic (exact) mass is 557 g/mol. The number of hydrogen-bond acceptors (Lipinski definition) is 6. The van der Waals surface area contributed by atoms with Gasteiger partial charge in [-0.3, -0.25) is 4.79 Å². The molecule has 0 N–H and O–H groups in total. The minimum Gasteiger partial charge on any atom is -0.414 e. The number of amides is 1. The second-order valence-electron chi connectivity index (χ2n) is 10.9. The Morgan fingerprint density at radius 3 is 2.51 bits per heavy atom. The van der Waals surface area contributed by atoms with Gasteiger partial charge in [0.1, 0.15) is 0 Å². The largest absolute Gasteiger partial charge is 0.414 e. The molecular weight excluding hydrogens is 526 g/mol. The van der Waals surface area contributed by atoms with Gasteiger partial charge in [0.05, 0.1) is 18.3 Å². The molecule has 0 bridgehead atoms. The third-order valence-corrected chi connectivity index (χ3v) is 12.8. The van der Waals surface area contributed by atoms with Crippen LogP contribution in [0.4, 0.5) is 0 Å². The summed E-state index contributed by atoms with van der Waals surface area (Å²) in [6.07, 6.45) is 2.48. The lowest BCUT2D eigenvalue weighted by atomic mass is 10.0. The van der Waals surface area contributed by atoms with E-state index in [1.54, 1.807) is 12.1 Å². The van der Waals surface area contributed by atoms with Crippen LogP contribution >= 0.6 is 11.6 Å². The summed E-state index contributed by atoms with van der Waals surface area (Å²) in [4.78, 5) is 23.6. The molecule has 0 spiro atoms. The van der Waals surface area contributed by atoms with E-state index < -0.39 is 18.2 Å². The fourth-order valence-electron chi connectivity index (χ4n) is 4.00. The maximum Gasteiger partial charge on any atom is 0.255 e. The van der Waals surface area contributed by atoms with Gasteiger partial charge in [-0.15, -0.1) is 0 Å². The molecule has 0 radical (unpaired) electrons. The van der Waals surface area contributed by atoms with Gasteiger partial charge in [-0.25, -0.2) is 18.4 Å². The van der Waals surface area contributed by atoms with Gasteiger partial charge < -0.3 is 9.33 Å². The van der Waals surface area contributed by atoms with E-state index in [2.05, 4.69) is 43.8 Å². The average Bonchev–Trinajstić information content (AvgIpc) is 3.13. The lowest BCUT2D eigenvalue weighted by molar-refractivity contribution is 0.0624. The van der Waals surface area contributed by atoms with Gasteiger partial charge >= 0.3 is 0 Å². The van der Waals surface area contributed by atoms with Crippen LogP contribution in [0.2, 0.25) is 23.2 Å². The number of nitrogens with zero attached hydrogens (tertiary/aromatic N) is 3. The molecule has 0 saturated carbocycles. The van der Waals surface area contributed by atoms with Crippen LogP contribution in [-0.4, -0.2) is 50.4 Å². The van der Waals surface area contributed by atoms with E-state index in [0.29, 0.717) is 35.0 Å². The fourth-order valence-corrected chi connectivity index (χ4v) is 5.72. The molecule has 0 saturated heterocycles. The third kappa shape index (κ3) is 5.80. The molecule has 7 nitrogen and oxygen atoms in total. The molecule has 4 rings (SSSR count). The summed E-state index contributed by atoms with van der Waals surface area (Å²) < 4.78 is 30.4. The first-order valence-electron chi connectivity index (χ1n) is 12.0. The smallest absolute Gasteiger partial charge is 0.255 e. The number of aromatic nitrogens is 2. The number of carbonyl (C=O) groups is 1. The zero-order valence-electron chi connectivity index (χ0n) is 21.9. The molecule has 2 aromatic carbocycles. The summed E-state index contributed by atoms with van der Waals surface area (Å²) in [6, 6.07) is 14.4. The molecule has 2 heterocycles. The highest BCUT2D eigenvalue weighted by Gasteiger charge is 2.40. The van der Waals surface area contributed by atoms with Crippen molar-refractivity contribution in [1.29, 1.82) is 0 Å². The SMILES string of the molecule is CC(C)(C)[Si](C)(C)OCC(c1cccc(Cl)c1)N1Cc2ccc(-c3ccnc(S(C)(=O)=O)n3)cc2C1=O. The highest BCUT2D eigenvalue weighted by atomic mass is 35.5. The zero-order valence-corrected chi connectivity index (χ0v) is 24.5. The summed E-state index contributed by atoms with van der Waals surface area (Å²) >= 11 is 6.33. The summed E-state index contributed by atoms with van der Waals surface area (Å²) in [6.45, 7) is 11.8. The summed E-state index contributed by atoms with van der Waals surface area (Å²) in [5.41, 5.74) is 3.47. The van der Waals surface area contributed by atoms with Crippen molar-refractivity contribution in [3.8, 4) is 11.3 Å². The lowest BCUT2D eigenvalue weighted by Gasteiger charge is -2.39. The lowest BCUT2D eigenvalue weighted by Crippen LogP contribution is -2.43. The highest BCUT2D eigenvalue weighted by Crippen LogP contribution is 2.39. The molecule has 1 amide bonds. The van der Waals surface area contributed by atoms with Gasteiger partial charge in [0.2, 0.25) is 15.0 Å². The van der Waals surface area contributed by atoms with Crippen molar-refractivity contribution < 1.29 is 17.6 Å². The molecule has 10 heteroatoms. The van der Waals surface area contributed by atoms with Crippen molar-refractivity contribution in [1.82, 2.24) is 14.9 Å². The van der Waals surface area contributed by atoms with E-state index in [9.17, 15) is 13.2 Å². The van der Waals surface area contributed by atoms with Crippen molar-refractivity contribution >= 4 is 35.7 Å². The van der Waals surface area contributed by atoms with Crippen molar-refractivity contribution in [2.75, 3.05) is 12.9 Å². The van der Waals surface area contributed by atoms with Crippen LogP contribution in [0.3, 0.4) is 0 Å². The first kappa shape index (κ1) is 27.4. The molecule has 1 unspecified atom stereocenters. The van der Waals surface area contributed by atoms with E-state index in [1.165, 1.54) is 6.20 Å². The highest BCUT2D eigenvalue weighted by molar-refractivity contribution is 7.90. The molecule has 196 valence electrons. The minimum absolute atomic E-state index is 0.0289. The molecule has 1 aliphatic heterocycles. The number of benzene rings is 2. The second kappa shape index (κ2) is 9.94. The number of carbonyl (C=O) groups excluding carboxylic acids is 1. The van der Waals surface area contributed by atoms with E-state index in [-0.39, 0.29) is 22.1 Å². The fraction of sp³-hybridized carbons (Fsp3) is 0.370. The van der Waals surface area contributed by atoms with Crippen LogP contribution in [0.25, 0.3) is 11.3 Å². The van der Waals surface area contributed by atoms with Crippen LogP contribution < -0.4 is 0 Å². The molecule has 3 aromatic rings. The van der Waals surface area contributed by atoms with Gasteiger partial charge in [0.25, 0.3) is 5.91 Å². The Morgan fingerprint density at radius 1 is 1.14 bits per heavy atom. The van der Waals surface area contributed by atoms with E-state index in [1.807, 2.05) is 41.3 Å². The van der Waals surface area contributed by atoms with Crippen molar-refractivity contribution in [3.63, 3.8) is 0 Å². The predicted octanol–water partition coefficient (Wildman–Crippen LogP) is 5.92. The Bertz CT molecular complexity index is 1450. The topological polar surface area (TPSA) is 89.5 Å².